The zero-order chi connectivity index (χ0) is 32.2. The van der Waals surface area contributed by atoms with Crippen molar-refractivity contribution in [2.75, 3.05) is 25.6 Å². The fraction of sp³-hybridized carbons (Fsp3) is 0.414. The molecule has 0 fully saturated rings. The van der Waals surface area contributed by atoms with Crippen LogP contribution in [0, 0.1) is 5.92 Å². The number of carbonyl (C=O) groups is 1. The highest BCUT2D eigenvalue weighted by Gasteiger charge is 2.51. The summed E-state index contributed by atoms with van der Waals surface area (Å²) in [4.78, 5) is 34.9. The molecular formula is C29H36Cl2N4O7P2. The van der Waals surface area contributed by atoms with Gasteiger partial charge in [-0.1, -0.05) is 54.4 Å². The molecule has 0 saturated heterocycles. The van der Waals surface area contributed by atoms with E-state index in [4.69, 9.17) is 36.8 Å². The topological polar surface area (TPSA) is 139 Å². The summed E-state index contributed by atoms with van der Waals surface area (Å²) >= 11 is 12.7. The minimum absolute atomic E-state index is 0.00972. The predicted octanol–water partition coefficient (Wildman–Crippen LogP) is 7.61. The van der Waals surface area contributed by atoms with Crippen LogP contribution in [0.15, 0.2) is 58.5 Å². The Labute approximate surface area is 267 Å². The van der Waals surface area contributed by atoms with Gasteiger partial charge in [-0.3, -0.25) is 13.9 Å². The van der Waals surface area contributed by atoms with Gasteiger partial charge in [0.05, 0.1) is 35.3 Å². The van der Waals surface area contributed by atoms with Crippen molar-refractivity contribution in [3.63, 3.8) is 0 Å². The number of hydrogen-bond donors (Lipinski definition) is 2. The van der Waals surface area contributed by atoms with Gasteiger partial charge >= 0.3 is 15.2 Å². The first kappa shape index (κ1) is 34.5. The molecule has 0 aliphatic carbocycles. The quantitative estimate of drug-likeness (QED) is 0.218. The third kappa shape index (κ3) is 7.38. The smallest absolute Gasteiger partial charge is 0.324 e. The summed E-state index contributed by atoms with van der Waals surface area (Å²) in [7, 11) is -7.00. The van der Waals surface area contributed by atoms with Gasteiger partial charge in [-0.05, 0) is 57.0 Å². The van der Waals surface area contributed by atoms with E-state index in [-0.39, 0.29) is 36.6 Å². The monoisotopic (exact) mass is 684 g/mol. The van der Waals surface area contributed by atoms with Crippen LogP contribution in [0.2, 0.25) is 10.0 Å². The van der Waals surface area contributed by atoms with Crippen LogP contribution in [0.4, 0.5) is 5.69 Å². The number of aliphatic imine (C=N–C) groups is 2. The summed E-state index contributed by atoms with van der Waals surface area (Å²) in [5, 5.41) is 2.29. The van der Waals surface area contributed by atoms with Gasteiger partial charge in [0.15, 0.2) is 5.40 Å². The van der Waals surface area contributed by atoms with Crippen LogP contribution in [-0.4, -0.2) is 60.4 Å². The number of hydrogen-bond acceptors (Lipinski definition) is 9. The zero-order valence-corrected chi connectivity index (χ0v) is 28.3. The Kier molecular flexibility index (Phi) is 11.3. The maximum atomic E-state index is 13.8. The second kappa shape index (κ2) is 14.4. The molecule has 0 saturated carbocycles. The summed E-state index contributed by atoms with van der Waals surface area (Å²) in [5.74, 6) is -0.342. The largest absolute Gasteiger partial charge is 0.350 e. The molecule has 238 valence electrons. The van der Waals surface area contributed by atoms with Gasteiger partial charge in [0.25, 0.3) is 5.91 Å². The van der Waals surface area contributed by atoms with Gasteiger partial charge in [0.1, 0.15) is 6.17 Å². The normalized spacial score (nSPS) is 21.2. The van der Waals surface area contributed by atoms with Gasteiger partial charge in [-0.2, -0.15) is 0 Å². The maximum Gasteiger partial charge on any atom is 0.350 e. The molecule has 0 aromatic heterocycles. The summed E-state index contributed by atoms with van der Waals surface area (Å²) in [6, 6.07) is 11.4. The molecule has 2 heterocycles. The predicted molar refractivity (Wildman–Crippen MR) is 175 cm³/mol. The first-order chi connectivity index (χ1) is 20.8. The lowest BCUT2D eigenvalue weighted by atomic mass is 9.92. The van der Waals surface area contributed by atoms with Crippen molar-refractivity contribution in [1.29, 1.82) is 0 Å². The molecule has 2 aliphatic rings. The maximum absolute atomic E-state index is 13.8. The first-order valence-corrected chi connectivity index (χ1v) is 18.2. The molecule has 0 radical (unpaired) electrons. The number of guanidine groups is 1. The molecular weight excluding hydrogens is 649 g/mol. The Morgan fingerprint density at radius 3 is 2.23 bits per heavy atom. The number of nitrogens with one attached hydrogen (secondary N) is 1. The molecule has 0 bridgehead atoms. The molecule has 11 nitrogen and oxygen atoms in total. The molecule has 2 N–H and O–H groups in total. The average molecular weight is 685 g/mol. The summed E-state index contributed by atoms with van der Waals surface area (Å²) in [5.41, 5.74) is 1.63. The molecule has 2 aliphatic heterocycles. The van der Waals surface area contributed by atoms with E-state index >= 15 is 0 Å². The molecule has 44 heavy (non-hydrogen) atoms. The standard InChI is InChI=1S/C29H36Cl2N4O7P2/c1-6-18(4)42-43(37,38)28(44(39,40-7-2)41-8-3)19-12-14-21(15-13-19)33-29-32-17-20-16-22(27(36)35(5)26(20)34-29)25-23(30)10-9-11-24(25)31/h9-18,20,26,28H,6-8H2,1-5H3,(H,33,34)(H,37,38). The van der Waals surface area contributed by atoms with Gasteiger partial charge in [0, 0.05) is 30.1 Å². The molecule has 4 rings (SSSR count). The van der Waals surface area contributed by atoms with E-state index < -0.39 is 32.9 Å². The van der Waals surface area contributed by atoms with E-state index in [0.717, 1.165) is 0 Å². The number of carbonyl (C=O) groups excluding carboxylic acids is 1. The molecule has 15 heteroatoms. The van der Waals surface area contributed by atoms with E-state index in [0.29, 0.717) is 33.3 Å². The average Bonchev–Trinajstić information content (AvgIpc) is 2.96. The minimum Gasteiger partial charge on any atom is -0.324 e. The van der Waals surface area contributed by atoms with E-state index in [1.54, 1.807) is 82.6 Å². The second-order valence-corrected chi connectivity index (χ2v) is 15.4. The Morgan fingerprint density at radius 2 is 1.66 bits per heavy atom. The zero-order valence-electron chi connectivity index (χ0n) is 25.0. The van der Waals surface area contributed by atoms with E-state index in [2.05, 4.69) is 15.3 Å². The van der Waals surface area contributed by atoms with Crippen molar-refractivity contribution in [3.05, 3.63) is 69.7 Å². The van der Waals surface area contributed by atoms with Crippen molar-refractivity contribution in [2.24, 2.45) is 15.9 Å². The first-order valence-electron chi connectivity index (χ1n) is 14.2. The van der Waals surface area contributed by atoms with Crippen LogP contribution in [0.1, 0.15) is 50.6 Å². The highest BCUT2D eigenvalue weighted by molar-refractivity contribution is 7.71. The van der Waals surface area contributed by atoms with Crippen molar-refractivity contribution >= 4 is 67.7 Å². The number of rotatable bonds is 12. The van der Waals surface area contributed by atoms with E-state index in [1.807, 2.05) is 6.92 Å². The fourth-order valence-corrected chi connectivity index (χ4v) is 10.4. The lowest BCUT2D eigenvalue weighted by Gasteiger charge is -2.36. The number of fused-ring (bicyclic) bond motifs is 1. The van der Waals surface area contributed by atoms with Crippen LogP contribution >= 0.6 is 38.4 Å². The molecule has 0 spiro atoms. The van der Waals surface area contributed by atoms with Gasteiger partial charge in [-0.15, -0.1) is 0 Å². The van der Waals surface area contributed by atoms with Gasteiger partial charge < -0.3 is 28.7 Å². The van der Waals surface area contributed by atoms with Crippen LogP contribution in [0.25, 0.3) is 5.57 Å². The second-order valence-electron chi connectivity index (χ2n) is 10.2. The van der Waals surface area contributed by atoms with Crippen LogP contribution in [0.5, 0.6) is 0 Å². The van der Waals surface area contributed by atoms with Crippen LogP contribution in [-0.2, 0) is 27.5 Å². The highest BCUT2D eigenvalue weighted by atomic mass is 35.5. The minimum atomic E-state index is -4.53. The van der Waals surface area contributed by atoms with Crippen molar-refractivity contribution in [1.82, 2.24) is 4.90 Å². The number of likely N-dealkylation sites (N-methyl/N-ethyl adjacent to an activating group) is 1. The molecule has 5 unspecified atom stereocenters. The van der Waals surface area contributed by atoms with E-state index in [9.17, 15) is 18.8 Å². The van der Waals surface area contributed by atoms with Crippen molar-refractivity contribution in [2.45, 2.75) is 51.8 Å². The molecule has 2 aromatic rings. The Morgan fingerprint density at radius 1 is 1.05 bits per heavy atom. The van der Waals surface area contributed by atoms with Gasteiger partial charge in [-0.25, -0.2) is 9.98 Å². The third-order valence-electron chi connectivity index (χ3n) is 7.10. The van der Waals surface area contributed by atoms with E-state index in [1.165, 1.54) is 4.90 Å². The summed E-state index contributed by atoms with van der Waals surface area (Å²) in [6.45, 7) is 6.75. The number of nitrogens with zero attached hydrogens (tertiary/aromatic N) is 3. The summed E-state index contributed by atoms with van der Waals surface area (Å²) in [6.07, 6.45) is 2.81. The number of benzene rings is 2. The van der Waals surface area contributed by atoms with Crippen molar-refractivity contribution < 1.29 is 32.4 Å². The third-order valence-corrected chi connectivity index (χ3v) is 13.2. The highest BCUT2D eigenvalue weighted by Crippen LogP contribution is 2.77. The van der Waals surface area contributed by atoms with Crippen LogP contribution < -0.4 is 5.32 Å². The van der Waals surface area contributed by atoms with Gasteiger partial charge in [0.2, 0.25) is 5.96 Å². The number of amides is 1. The number of anilines is 1. The Bertz CT molecular complexity index is 1540. The SMILES string of the molecule is CCOP(=O)(OCC)C(c1ccc(NC2=NC3C(C=N2)C=C(c2c(Cl)cccc2Cl)C(=O)N3C)cc1)P(=O)(O)OC(C)CC. The molecule has 5 atom stereocenters. The summed E-state index contributed by atoms with van der Waals surface area (Å²) < 4.78 is 43.8. The lowest BCUT2D eigenvalue weighted by molar-refractivity contribution is -0.126. The number of halogens is 2. The van der Waals surface area contributed by atoms with Crippen molar-refractivity contribution in [3.8, 4) is 0 Å². The molecule has 1 amide bonds. The van der Waals surface area contributed by atoms with Crippen LogP contribution in [0.3, 0.4) is 0 Å². The molecule has 2 aromatic carbocycles. The fourth-order valence-electron chi connectivity index (χ4n) is 4.88. The lowest BCUT2D eigenvalue weighted by Crippen LogP contribution is -2.47. The Hall–Kier alpha value is -2.33. The Balaban J connectivity index is 1.59.